The average Bonchev–Trinajstić information content (AvgIpc) is 2.38. The molecule has 2 rings (SSSR count). The van der Waals surface area contributed by atoms with Crippen molar-refractivity contribution in [3.63, 3.8) is 0 Å². The van der Waals surface area contributed by atoms with Crippen molar-refractivity contribution in [3.8, 4) is 0 Å². The van der Waals surface area contributed by atoms with Crippen LogP contribution < -0.4 is 5.73 Å². The second-order valence-corrected chi connectivity index (χ2v) is 5.41. The molecule has 4 heteroatoms. The lowest BCUT2D eigenvalue weighted by molar-refractivity contribution is -0.385. The van der Waals surface area contributed by atoms with Gasteiger partial charge in [-0.3, -0.25) is 10.1 Å². The Hall–Kier alpha value is -1.58. The van der Waals surface area contributed by atoms with Gasteiger partial charge in [0, 0.05) is 17.8 Å². The molecule has 1 aromatic carbocycles. The summed E-state index contributed by atoms with van der Waals surface area (Å²) in [6.07, 6.45) is 10.1. The zero-order valence-corrected chi connectivity index (χ0v) is 11.4. The molecule has 0 saturated heterocycles. The summed E-state index contributed by atoms with van der Waals surface area (Å²) in [6.45, 7) is 0. The molecule has 2 bridgehead atoms. The van der Waals surface area contributed by atoms with Crippen molar-refractivity contribution in [1.82, 2.24) is 0 Å². The fourth-order valence-corrected chi connectivity index (χ4v) is 2.79. The highest BCUT2D eigenvalue weighted by Crippen LogP contribution is 2.28. The van der Waals surface area contributed by atoms with Gasteiger partial charge in [-0.1, -0.05) is 32.1 Å². The minimum Gasteiger partial charge on any atom is -0.398 e. The first kappa shape index (κ1) is 13.8. The van der Waals surface area contributed by atoms with Crippen molar-refractivity contribution < 1.29 is 4.92 Å². The topological polar surface area (TPSA) is 69.2 Å². The zero-order valence-electron chi connectivity index (χ0n) is 11.4. The maximum absolute atomic E-state index is 11.0. The van der Waals surface area contributed by atoms with Gasteiger partial charge in [-0.25, -0.2) is 0 Å². The highest BCUT2D eigenvalue weighted by molar-refractivity contribution is 5.59. The molecular weight excluding hydrogens is 240 g/mol. The molecule has 1 aliphatic carbocycles. The number of nitrogens with two attached hydrogens (primary N) is 1. The van der Waals surface area contributed by atoms with Gasteiger partial charge in [0.1, 0.15) is 0 Å². The number of hydrogen-bond donors (Lipinski definition) is 1. The summed E-state index contributed by atoms with van der Waals surface area (Å²) in [5, 5.41) is 11.0. The predicted octanol–water partition coefficient (Wildman–Crippen LogP) is 4.01. The molecule has 1 aliphatic rings. The third-order valence-corrected chi connectivity index (χ3v) is 3.94. The normalized spacial score (nSPS) is 17.3. The van der Waals surface area contributed by atoms with Crippen molar-refractivity contribution in [2.24, 2.45) is 0 Å². The van der Waals surface area contributed by atoms with Crippen LogP contribution in [0.25, 0.3) is 0 Å². The average molecular weight is 262 g/mol. The lowest BCUT2D eigenvalue weighted by atomic mass is 9.95. The Bertz CT molecular complexity index is 426. The van der Waals surface area contributed by atoms with Crippen molar-refractivity contribution in [2.75, 3.05) is 5.73 Å². The van der Waals surface area contributed by atoms with E-state index in [-0.39, 0.29) is 10.6 Å². The molecule has 2 N–H and O–H groups in total. The largest absolute Gasteiger partial charge is 0.398 e. The van der Waals surface area contributed by atoms with E-state index >= 15 is 0 Å². The Morgan fingerprint density at radius 3 is 1.74 bits per heavy atom. The van der Waals surface area contributed by atoms with Crippen LogP contribution in [-0.4, -0.2) is 4.92 Å². The van der Waals surface area contributed by atoms with Gasteiger partial charge >= 0.3 is 0 Å². The van der Waals surface area contributed by atoms with E-state index in [1.54, 1.807) is 12.1 Å². The third kappa shape index (κ3) is 3.69. The van der Waals surface area contributed by atoms with Crippen LogP contribution in [0.2, 0.25) is 0 Å². The summed E-state index contributed by atoms with van der Waals surface area (Å²) in [4.78, 5) is 10.7. The van der Waals surface area contributed by atoms with E-state index in [9.17, 15) is 10.1 Å². The van der Waals surface area contributed by atoms with Crippen LogP contribution >= 0.6 is 0 Å². The number of non-ortho nitro benzene ring substituents is 1. The van der Waals surface area contributed by atoms with Gasteiger partial charge in [-0.2, -0.15) is 0 Å². The summed E-state index contributed by atoms with van der Waals surface area (Å²) in [5.41, 5.74) is 9.07. The third-order valence-electron chi connectivity index (χ3n) is 3.94. The van der Waals surface area contributed by atoms with E-state index < -0.39 is 0 Å². The maximum atomic E-state index is 11.0. The van der Waals surface area contributed by atoms with Crippen molar-refractivity contribution >= 4 is 11.4 Å². The summed E-state index contributed by atoms with van der Waals surface area (Å²) < 4.78 is 0. The number of aryl methyl sites for hydroxylation is 2. The molecule has 0 aromatic heterocycles. The van der Waals surface area contributed by atoms with Crippen LogP contribution in [0, 0.1) is 10.1 Å². The van der Waals surface area contributed by atoms with E-state index in [1.165, 1.54) is 32.1 Å². The fraction of sp³-hybridized carbons (Fsp3) is 0.600. The molecule has 0 fully saturated rings. The molecule has 0 atom stereocenters. The van der Waals surface area contributed by atoms with Gasteiger partial charge in [-0.05, 0) is 36.8 Å². The number of fused-ring (bicyclic) bond motifs is 2. The van der Waals surface area contributed by atoms with Gasteiger partial charge in [0.2, 0.25) is 0 Å². The number of nitrogens with zero attached hydrogens (tertiary/aromatic N) is 1. The molecule has 1 aromatic rings. The molecule has 0 saturated carbocycles. The van der Waals surface area contributed by atoms with Crippen LogP contribution in [0.1, 0.15) is 56.1 Å². The van der Waals surface area contributed by atoms with Gasteiger partial charge in [0.15, 0.2) is 0 Å². The van der Waals surface area contributed by atoms with Gasteiger partial charge in [0.25, 0.3) is 5.69 Å². The highest BCUT2D eigenvalue weighted by atomic mass is 16.6. The van der Waals surface area contributed by atoms with Gasteiger partial charge < -0.3 is 5.73 Å². The van der Waals surface area contributed by atoms with Gasteiger partial charge in [0.05, 0.1) is 4.92 Å². The van der Waals surface area contributed by atoms with Crippen LogP contribution in [0.4, 0.5) is 11.4 Å². The SMILES string of the molecule is Nc1c2cc([N+](=O)[O-])cc1CCCCCCCCC2. The van der Waals surface area contributed by atoms with E-state index in [2.05, 4.69) is 0 Å². The molecule has 0 radical (unpaired) electrons. The minimum absolute atomic E-state index is 0.191. The fourth-order valence-electron chi connectivity index (χ4n) is 2.79. The second-order valence-electron chi connectivity index (χ2n) is 5.41. The van der Waals surface area contributed by atoms with Gasteiger partial charge in [-0.15, -0.1) is 0 Å². The van der Waals surface area contributed by atoms with Crippen LogP contribution in [-0.2, 0) is 12.8 Å². The number of hydrogen-bond acceptors (Lipinski definition) is 3. The number of nitro benzene ring substituents is 1. The van der Waals surface area contributed by atoms with E-state index in [4.69, 9.17) is 5.73 Å². The van der Waals surface area contributed by atoms with Crippen molar-refractivity contribution in [1.29, 1.82) is 0 Å². The monoisotopic (exact) mass is 262 g/mol. The summed E-state index contributed by atoms with van der Waals surface area (Å²) in [5.74, 6) is 0. The second kappa shape index (κ2) is 6.55. The first-order chi connectivity index (χ1) is 9.18. The Kier molecular flexibility index (Phi) is 4.77. The molecule has 104 valence electrons. The molecule has 0 aliphatic heterocycles. The minimum atomic E-state index is -0.307. The first-order valence-corrected chi connectivity index (χ1v) is 7.24. The molecule has 0 unspecified atom stereocenters. The number of benzene rings is 1. The quantitative estimate of drug-likeness (QED) is 0.472. The predicted molar refractivity (Wildman–Crippen MR) is 77.2 cm³/mol. The summed E-state index contributed by atoms with van der Waals surface area (Å²) in [6, 6.07) is 3.31. The Balaban J connectivity index is 2.29. The van der Waals surface area contributed by atoms with Crippen LogP contribution in [0.3, 0.4) is 0 Å². The molecule has 0 amide bonds. The number of nitrogen functional groups attached to an aromatic ring is 1. The Labute approximate surface area is 114 Å². The zero-order chi connectivity index (χ0) is 13.7. The van der Waals surface area contributed by atoms with E-state index in [1.807, 2.05) is 0 Å². The Morgan fingerprint density at radius 1 is 0.895 bits per heavy atom. The lowest BCUT2D eigenvalue weighted by Gasteiger charge is -2.13. The van der Waals surface area contributed by atoms with E-state index in [0.29, 0.717) is 0 Å². The number of nitro groups is 1. The van der Waals surface area contributed by atoms with E-state index in [0.717, 1.165) is 42.5 Å². The molecule has 0 heterocycles. The number of rotatable bonds is 1. The molecule has 4 nitrogen and oxygen atoms in total. The molecular formula is C15H22N2O2. The smallest absolute Gasteiger partial charge is 0.270 e. The first-order valence-electron chi connectivity index (χ1n) is 7.24. The lowest BCUT2D eigenvalue weighted by Crippen LogP contribution is -2.03. The van der Waals surface area contributed by atoms with Crippen LogP contribution in [0.5, 0.6) is 0 Å². The standard InChI is InChI=1S/C15H22N2O2/c16-15-12-8-6-4-2-1-3-5-7-9-13(15)11-14(10-12)17(18)19/h10-11H,1-9,16H2. The maximum Gasteiger partial charge on any atom is 0.270 e. The van der Waals surface area contributed by atoms with Crippen LogP contribution in [0.15, 0.2) is 12.1 Å². The number of anilines is 1. The molecule has 0 spiro atoms. The molecule has 19 heavy (non-hydrogen) atoms. The summed E-state index contributed by atoms with van der Waals surface area (Å²) in [7, 11) is 0. The Morgan fingerprint density at radius 2 is 1.32 bits per heavy atom. The summed E-state index contributed by atoms with van der Waals surface area (Å²) >= 11 is 0. The van der Waals surface area contributed by atoms with Crippen molar-refractivity contribution in [2.45, 2.75) is 57.8 Å². The van der Waals surface area contributed by atoms with Crippen molar-refractivity contribution in [3.05, 3.63) is 33.4 Å². The highest BCUT2D eigenvalue weighted by Gasteiger charge is 2.14.